The van der Waals surface area contributed by atoms with Gasteiger partial charge in [0.2, 0.25) is 0 Å². The molecule has 1 N–H and O–H groups in total. The Morgan fingerprint density at radius 1 is 1.17 bits per heavy atom. The lowest BCUT2D eigenvalue weighted by Gasteiger charge is -2.20. The molecule has 124 valence electrons. The fraction of sp³-hybridized carbons (Fsp3) is 0.444. The Balaban J connectivity index is 2.13. The van der Waals surface area contributed by atoms with Crippen molar-refractivity contribution in [3.63, 3.8) is 0 Å². The predicted octanol–water partition coefficient (Wildman–Crippen LogP) is 3.39. The molecule has 1 aromatic rings. The summed E-state index contributed by atoms with van der Waals surface area (Å²) in [5.74, 6) is -0.0312. The van der Waals surface area contributed by atoms with Gasteiger partial charge in [-0.15, -0.1) is 0 Å². The topological polar surface area (TPSA) is 35.6 Å². The second-order valence-corrected chi connectivity index (χ2v) is 5.95. The van der Waals surface area contributed by atoms with Crippen molar-refractivity contribution in [1.29, 1.82) is 0 Å². The summed E-state index contributed by atoms with van der Waals surface area (Å²) in [6.45, 7) is 9.04. The number of rotatable bonds is 7. The molecule has 0 spiro atoms. The number of nitrogens with one attached hydrogen (secondary N) is 1. The van der Waals surface area contributed by atoms with Crippen LogP contribution in [0.4, 0.5) is 5.69 Å². The summed E-state index contributed by atoms with van der Waals surface area (Å²) >= 11 is 5.26. The van der Waals surface area contributed by atoms with E-state index in [1.54, 1.807) is 4.90 Å². The van der Waals surface area contributed by atoms with Gasteiger partial charge in [-0.1, -0.05) is 25.5 Å². The Kier molecular flexibility index (Phi) is 6.16. The molecule has 1 saturated heterocycles. The van der Waals surface area contributed by atoms with Crippen LogP contribution < -0.4 is 10.2 Å². The lowest BCUT2D eigenvalue weighted by Crippen LogP contribution is -2.31. The summed E-state index contributed by atoms with van der Waals surface area (Å²) < 4.78 is 0. The van der Waals surface area contributed by atoms with Crippen LogP contribution in [0.5, 0.6) is 0 Å². The van der Waals surface area contributed by atoms with Crippen LogP contribution >= 0.6 is 12.2 Å². The van der Waals surface area contributed by atoms with Crippen molar-refractivity contribution in [2.75, 3.05) is 24.5 Å². The van der Waals surface area contributed by atoms with Crippen molar-refractivity contribution in [2.24, 2.45) is 0 Å². The van der Waals surface area contributed by atoms with Crippen molar-refractivity contribution >= 4 is 35.0 Å². The maximum absolute atomic E-state index is 12.4. The Morgan fingerprint density at radius 2 is 1.83 bits per heavy atom. The average Bonchev–Trinajstić information content (AvgIpc) is 2.82. The van der Waals surface area contributed by atoms with Crippen LogP contribution in [0.1, 0.15) is 39.2 Å². The van der Waals surface area contributed by atoms with Gasteiger partial charge in [0.05, 0.1) is 0 Å². The molecule has 1 fully saturated rings. The van der Waals surface area contributed by atoms with Gasteiger partial charge in [0, 0.05) is 25.3 Å². The van der Waals surface area contributed by atoms with Crippen molar-refractivity contribution in [3.8, 4) is 0 Å². The molecule has 0 aromatic heterocycles. The van der Waals surface area contributed by atoms with Crippen LogP contribution in [0.3, 0.4) is 0 Å². The number of carbonyl (C=O) groups is 1. The second kappa shape index (κ2) is 8.11. The smallest absolute Gasteiger partial charge is 0.276 e. The van der Waals surface area contributed by atoms with Crippen LogP contribution in [0, 0.1) is 0 Å². The molecule has 23 heavy (non-hydrogen) atoms. The normalized spacial score (nSPS) is 16.1. The number of anilines is 1. The van der Waals surface area contributed by atoms with Gasteiger partial charge in [-0.2, -0.15) is 0 Å². The van der Waals surface area contributed by atoms with Crippen LogP contribution in [0.2, 0.25) is 0 Å². The van der Waals surface area contributed by atoms with Gasteiger partial charge < -0.3 is 10.2 Å². The lowest BCUT2D eigenvalue weighted by molar-refractivity contribution is -0.122. The van der Waals surface area contributed by atoms with Crippen LogP contribution in [0.15, 0.2) is 30.0 Å². The first-order valence-corrected chi connectivity index (χ1v) is 8.71. The van der Waals surface area contributed by atoms with Gasteiger partial charge in [0.15, 0.2) is 5.11 Å². The van der Waals surface area contributed by atoms with E-state index in [9.17, 15) is 4.79 Å². The van der Waals surface area contributed by atoms with Gasteiger partial charge in [0.25, 0.3) is 5.91 Å². The molecule has 1 aliphatic heterocycles. The largest absolute Gasteiger partial charge is 0.372 e. The van der Waals surface area contributed by atoms with Crippen molar-refractivity contribution in [2.45, 2.75) is 33.6 Å². The van der Waals surface area contributed by atoms with E-state index in [2.05, 4.69) is 43.1 Å². The van der Waals surface area contributed by atoms with E-state index in [0.29, 0.717) is 17.4 Å². The first-order chi connectivity index (χ1) is 11.1. The molecule has 5 heteroatoms. The molecular weight excluding hydrogens is 306 g/mol. The number of thiocarbonyl (C=S) groups is 1. The van der Waals surface area contributed by atoms with Crippen molar-refractivity contribution in [3.05, 3.63) is 35.5 Å². The molecule has 1 aliphatic rings. The van der Waals surface area contributed by atoms with Gasteiger partial charge in [-0.05, 0) is 56.3 Å². The van der Waals surface area contributed by atoms with E-state index in [-0.39, 0.29) is 5.91 Å². The number of nitrogens with zero attached hydrogens (tertiary/aromatic N) is 2. The highest BCUT2D eigenvalue weighted by Gasteiger charge is 2.29. The number of carbonyl (C=O) groups excluding carboxylic acids is 1. The number of hydrogen-bond donors (Lipinski definition) is 1. The van der Waals surface area contributed by atoms with Crippen molar-refractivity contribution < 1.29 is 4.79 Å². The molecular formula is C18H25N3OS. The third-order valence-electron chi connectivity index (χ3n) is 4.03. The minimum absolute atomic E-state index is 0.0312. The number of hydrogen-bond acceptors (Lipinski definition) is 3. The molecule has 0 bridgehead atoms. The molecule has 0 radical (unpaired) electrons. The molecule has 0 atom stereocenters. The fourth-order valence-corrected chi connectivity index (χ4v) is 2.91. The zero-order valence-corrected chi connectivity index (χ0v) is 14.9. The maximum Gasteiger partial charge on any atom is 0.276 e. The molecule has 1 amide bonds. The Hall–Kier alpha value is -1.88. The van der Waals surface area contributed by atoms with E-state index < -0.39 is 0 Å². The molecule has 0 aliphatic carbocycles. The highest BCUT2D eigenvalue weighted by Crippen LogP contribution is 2.18. The molecule has 2 rings (SSSR count). The minimum atomic E-state index is -0.0312. The number of unbranched alkanes of at least 4 members (excludes halogenated alkanes) is 1. The summed E-state index contributed by atoms with van der Waals surface area (Å²) in [6, 6.07) is 8.25. The van der Waals surface area contributed by atoms with E-state index in [1.807, 2.05) is 18.2 Å². The quantitative estimate of drug-likeness (QED) is 0.614. The van der Waals surface area contributed by atoms with Crippen LogP contribution in [-0.4, -0.2) is 35.6 Å². The minimum Gasteiger partial charge on any atom is -0.372 e. The molecule has 4 nitrogen and oxygen atoms in total. The van der Waals surface area contributed by atoms with Crippen molar-refractivity contribution in [1.82, 2.24) is 10.2 Å². The van der Waals surface area contributed by atoms with Crippen LogP contribution in [-0.2, 0) is 4.79 Å². The highest BCUT2D eigenvalue weighted by atomic mass is 32.1. The molecule has 0 saturated carbocycles. The standard InChI is InChI=1S/C18H25N3OS/c1-4-7-12-21-17(22)16(19-18(21)23)13-14-8-10-15(11-9-14)20(5-2)6-3/h8-11,13H,4-7,12H2,1-3H3,(H,19,23)/b16-13+. The van der Waals surface area contributed by atoms with Crippen LogP contribution in [0.25, 0.3) is 6.08 Å². The Morgan fingerprint density at radius 3 is 2.39 bits per heavy atom. The first-order valence-electron chi connectivity index (χ1n) is 8.30. The van der Waals surface area contributed by atoms with Gasteiger partial charge in [-0.25, -0.2) is 0 Å². The summed E-state index contributed by atoms with van der Waals surface area (Å²) in [4.78, 5) is 16.3. The average molecular weight is 331 g/mol. The summed E-state index contributed by atoms with van der Waals surface area (Å²) in [7, 11) is 0. The molecule has 0 unspecified atom stereocenters. The lowest BCUT2D eigenvalue weighted by atomic mass is 10.1. The maximum atomic E-state index is 12.4. The monoisotopic (exact) mass is 331 g/mol. The van der Waals surface area contributed by atoms with Gasteiger partial charge in [0.1, 0.15) is 5.70 Å². The number of benzene rings is 1. The molecule has 1 heterocycles. The zero-order valence-electron chi connectivity index (χ0n) is 14.1. The van der Waals surface area contributed by atoms with E-state index in [4.69, 9.17) is 12.2 Å². The summed E-state index contributed by atoms with van der Waals surface area (Å²) in [5.41, 5.74) is 2.75. The predicted molar refractivity (Wildman–Crippen MR) is 100 cm³/mol. The third-order valence-corrected chi connectivity index (χ3v) is 4.35. The molecule has 1 aromatic carbocycles. The van der Waals surface area contributed by atoms with Gasteiger partial charge >= 0.3 is 0 Å². The first kappa shape index (κ1) is 17.5. The van der Waals surface area contributed by atoms with E-state index >= 15 is 0 Å². The summed E-state index contributed by atoms with van der Waals surface area (Å²) in [6.07, 6.45) is 3.87. The van der Waals surface area contributed by atoms with Gasteiger partial charge in [-0.3, -0.25) is 9.69 Å². The number of amides is 1. The fourth-order valence-electron chi connectivity index (χ4n) is 2.63. The SMILES string of the molecule is CCCCN1C(=O)/C(=C\c2ccc(N(CC)CC)cc2)NC1=S. The van der Waals surface area contributed by atoms with E-state index in [0.717, 1.165) is 31.5 Å². The Bertz CT molecular complexity index is 591. The Labute approximate surface area is 144 Å². The zero-order chi connectivity index (χ0) is 16.8. The second-order valence-electron chi connectivity index (χ2n) is 5.56. The van der Waals surface area contributed by atoms with E-state index in [1.165, 1.54) is 5.69 Å². The highest BCUT2D eigenvalue weighted by molar-refractivity contribution is 7.80. The third kappa shape index (κ3) is 4.10. The summed E-state index contributed by atoms with van der Waals surface area (Å²) in [5, 5.41) is 3.54.